The van der Waals surface area contributed by atoms with Gasteiger partial charge in [-0.1, -0.05) is 0 Å². The number of nitrogens with two attached hydrogens (primary N) is 1. The molecule has 0 saturated heterocycles. The molecule has 0 heterocycles. The van der Waals surface area contributed by atoms with Crippen LogP contribution in [0.25, 0.3) is 0 Å². The average molecular weight is 158 g/mol. The van der Waals surface area contributed by atoms with E-state index < -0.39 is 6.09 Å². The Morgan fingerprint density at radius 3 is 2.36 bits per heavy atom. The van der Waals surface area contributed by atoms with Crippen molar-refractivity contribution < 1.29 is 14.7 Å². The van der Waals surface area contributed by atoms with Gasteiger partial charge in [-0.15, -0.1) is 0 Å². The van der Waals surface area contributed by atoms with E-state index in [-0.39, 0.29) is 17.9 Å². The van der Waals surface area contributed by atoms with Crippen LogP contribution in [-0.2, 0) is 4.79 Å². The lowest BCUT2D eigenvalue weighted by Gasteiger charge is -2.32. The van der Waals surface area contributed by atoms with Crippen LogP contribution in [0.4, 0.5) is 4.79 Å². The predicted octanol–water partition coefficient (Wildman–Crippen LogP) is -0.482. The molecule has 2 amide bonds. The van der Waals surface area contributed by atoms with Crippen LogP contribution in [0.3, 0.4) is 0 Å². The van der Waals surface area contributed by atoms with Gasteiger partial charge in [0.2, 0.25) is 5.91 Å². The van der Waals surface area contributed by atoms with E-state index >= 15 is 0 Å². The molecule has 0 bridgehead atoms. The molecule has 0 aliphatic heterocycles. The zero-order valence-electron chi connectivity index (χ0n) is 5.91. The topological polar surface area (TPSA) is 92.4 Å². The Labute approximate surface area is 63.6 Å². The van der Waals surface area contributed by atoms with Gasteiger partial charge in [0.1, 0.15) is 0 Å². The summed E-state index contributed by atoms with van der Waals surface area (Å²) in [7, 11) is 0. The quantitative estimate of drug-likeness (QED) is 0.506. The van der Waals surface area contributed by atoms with Crippen molar-refractivity contribution in [2.45, 2.75) is 18.9 Å². The first-order valence-electron chi connectivity index (χ1n) is 3.38. The molecule has 0 aromatic carbocycles. The fraction of sp³-hybridized carbons (Fsp3) is 0.667. The van der Waals surface area contributed by atoms with E-state index in [1.807, 2.05) is 0 Å². The molecular weight excluding hydrogens is 148 g/mol. The summed E-state index contributed by atoms with van der Waals surface area (Å²) >= 11 is 0. The van der Waals surface area contributed by atoms with Gasteiger partial charge in [0.15, 0.2) is 0 Å². The van der Waals surface area contributed by atoms with Gasteiger partial charge in [-0.3, -0.25) is 4.79 Å². The van der Waals surface area contributed by atoms with E-state index in [0.717, 1.165) is 0 Å². The minimum absolute atomic E-state index is 0.0787. The van der Waals surface area contributed by atoms with E-state index in [9.17, 15) is 9.59 Å². The first-order chi connectivity index (χ1) is 5.09. The molecule has 1 aliphatic carbocycles. The van der Waals surface area contributed by atoms with Gasteiger partial charge >= 0.3 is 6.09 Å². The first-order valence-corrected chi connectivity index (χ1v) is 3.38. The van der Waals surface area contributed by atoms with Crippen molar-refractivity contribution in [1.29, 1.82) is 0 Å². The van der Waals surface area contributed by atoms with Gasteiger partial charge in [-0.25, -0.2) is 4.79 Å². The minimum atomic E-state index is -1.04. The SMILES string of the molecule is NC(=O)[C@H]1C[C@@H](NC(=O)O)C1. The van der Waals surface area contributed by atoms with Crippen LogP contribution in [0.1, 0.15) is 12.8 Å². The van der Waals surface area contributed by atoms with Gasteiger partial charge < -0.3 is 16.2 Å². The Bertz CT molecular complexity index is 186. The van der Waals surface area contributed by atoms with Crippen molar-refractivity contribution in [1.82, 2.24) is 5.32 Å². The van der Waals surface area contributed by atoms with Crippen molar-refractivity contribution in [3.05, 3.63) is 0 Å². The fourth-order valence-electron chi connectivity index (χ4n) is 1.14. The van der Waals surface area contributed by atoms with E-state index in [0.29, 0.717) is 12.8 Å². The molecule has 0 aromatic heterocycles. The largest absolute Gasteiger partial charge is 0.465 e. The maximum absolute atomic E-state index is 10.5. The third kappa shape index (κ3) is 1.83. The van der Waals surface area contributed by atoms with Gasteiger partial charge in [0.05, 0.1) is 0 Å². The van der Waals surface area contributed by atoms with Crippen LogP contribution in [0.5, 0.6) is 0 Å². The lowest BCUT2D eigenvalue weighted by Crippen LogP contribution is -2.47. The number of primary amides is 1. The summed E-state index contributed by atoms with van der Waals surface area (Å²) in [5.74, 6) is -0.472. The highest BCUT2D eigenvalue weighted by atomic mass is 16.4. The molecule has 0 atom stereocenters. The molecule has 1 saturated carbocycles. The summed E-state index contributed by atoms with van der Waals surface area (Å²) in [4.78, 5) is 20.5. The normalized spacial score (nSPS) is 28.7. The zero-order valence-corrected chi connectivity index (χ0v) is 5.91. The predicted molar refractivity (Wildman–Crippen MR) is 36.9 cm³/mol. The molecule has 1 rings (SSSR count). The summed E-state index contributed by atoms with van der Waals surface area (Å²) < 4.78 is 0. The van der Waals surface area contributed by atoms with Gasteiger partial charge in [-0.05, 0) is 12.8 Å². The zero-order chi connectivity index (χ0) is 8.43. The lowest BCUT2D eigenvalue weighted by atomic mass is 9.80. The number of hydrogen-bond donors (Lipinski definition) is 3. The summed E-state index contributed by atoms with van der Waals surface area (Å²) in [5.41, 5.74) is 4.98. The van der Waals surface area contributed by atoms with Crippen molar-refractivity contribution in [2.24, 2.45) is 11.7 Å². The average Bonchev–Trinajstić information content (AvgIpc) is 1.75. The third-order valence-electron chi connectivity index (χ3n) is 1.87. The van der Waals surface area contributed by atoms with Gasteiger partial charge in [-0.2, -0.15) is 0 Å². The smallest absolute Gasteiger partial charge is 0.404 e. The first kappa shape index (κ1) is 7.84. The van der Waals surface area contributed by atoms with Crippen LogP contribution in [-0.4, -0.2) is 23.1 Å². The van der Waals surface area contributed by atoms with Crippen LogP contribution in [0.2, 0.25) is 0 Å². The molecule has 1 fully saturated rings. The second-order valence-electron chi connectivity index (χ2n) is 2.72. The summed E-state index contributed by atoms with van der Waals surface area (Å²) in [6.07, 6.45) is 0.0430. The Kier molecular flexibility index (Phi) is 1.98. The number of carbonyl (C=O) groups excluding carboxylic acids is 1. The summed E-state index contributed by atoms with van der Waals surface area (Å²) in [6.45, 7) is 0. The van der Waals surface area contributed by atoms with Crippen LogP contribution in [0, 0.1) is 5.92 Å². The molecule has 4 N–H and O–H groups in total. The van der Waals surface area contributed by atoms with Gasteiger partial charge in [0, 0.05) is 12.0 Å². The molecule has 0 unspecified atom stereocenters. The second-order valence-corrected chi connectivity index (χ2v) is 2.72. The van der Waals surface area contributed by atoms with E-state index in [2.05, 4.69) is 5.32 Å². The van der Waals surface area contributed by atoms with Crippen molar-refractivity contribution in [3.63, 3.8) is 0 Å². The number of amides is 2. The maximum Gasteiger partial charge on any atom is 0.404 e. The molecule has 62 valence electrons. The van der Waals surface area contributed by atoms with Crippen LogP contribution in [0.15, 0.2) is 0 Å². The summed E-state index contributed by atoms with van der Waals surface area (Å²) in [5, 5.41) is 10.5. The standard InChI is InChI=1S/C6H10N2O3/c7-5(9)3-1-4(2-3)8-6(10)11/h3-4,8H,1-2H2,(H2,7,9)(H,10,11)/t3-,4+. The Balaban J connectivity index is 2.19. The number of carboxylic acid groups (broad SMARTS) is 1. The molecule has 1 aliphatic rings. The molecule has 0 radical (unpaired) electrons. The molecule has 0 spiro atoms. The lowest BCUT2D eigenvalue weighted by molar-refractivity contribution is -0.124. The van der Waals surface area contributed by atoms with Crippen LogP contribution < -0.4 is 11.1 Å². The van der Waals surface area contributed by atoms with E-state index in [1.165, 1.54) is 0 Å². The number of nitrogens with one attached hydrogen (secondary N) is 1. The number of hydrogen-bond acceptors (Lipinski definition) is 2. The Morgan fingerprint density at radius 2 is 2.00 bits per heavy atom. The molecule has 0 aromatic rings. The monoisotopic (exact) mass is 158 g/mol. The molecule has 11 heavy (non-hydrogen) atoms. The van der Waals surface area contributed by atoms with Crippen molar-refractivity contribution >= 4 is 12.0 Å². The highest BCUT2D eigenvalue weighted by Gasteiger charge is 2.33. The van der Waals surface area contributed by atoms with E-state index in [4.69, 9.17) is 10.8 Å². The Hall–Kier alpha value is -1.26. The Morgan fingerprint density at radius 1 is 1.45 bits per heavy atom. The number of carbonyl (C=O) groups is 2. The van der Waals surface area contributed by atoms with Gasteiger partial charge in [0.25, 0.3) is 0 Å². The van der Waals surface area contributed by atoms with Crippen LogP contribution >= 0.6 is 0 Å². The summed E-state index contributed by atoms with van der Waals surface area (Å²) in [6, 6.07) is -0.0787. The second kappa shape index (κ2) is 2.77. The molecule has 5 nitrogen and oxygen atoms in total. The van der Waals surface area contributed by atoms with E-state index in [1.54, 1.807) is 0 Å². The third-order valence-corrected chi connectivity index (χ3v) is 1.87. The fourth-order valence-corrected chi connectivity index (χ4v) is 1.14. The highest BCUT2D eigenvalue weighted by molar-refractivity contribution is 5.78. The molecular formula is C6H10N2O3. The highest BCUT2D eigenvalue weighted by Crippen LogP contribution is 2.26. The number of rotatable bonds is 2. The maximum atomic E-state index is 10.5. The minimum Gasteiger partial charge on any atom is -0.465 e. The van der Waals surface area contributed by atoms with Crippen molar-refractivity contribution in [2.75, 3.05) is 0 Å². The molecule has 5 heteroatoms. The van der Waals surface area contributed by atoms with Crippen molar-refractivity contribution in [3.8, 4) is 0 Å².